The van der Waals surface area contributed by atoms with E-state index in [0.29, 0.717) is 5.69 Å². The van der Waals surface area contributed by atoms with Crippen molar-refractivity contribution in [3.63, 3.8) is 0 Å². The molecule has 0 fully saturated rings. The molecule has 2 nitrogen and oxygen atoms in total. The molecule has 0 radical (unpaired) electrons. The van der Waals surface area contributed by atoms with Gasteiger partial charge in [-0.25, -0.2) is 8.78 Å². The Balaban J connectivity index is 2.00. The summed E-state index contributed by atoms with van der Waals surface area (Å²) in [5.41, 5.74) is 5.85. The van der Waals surface area contributed by atoms with Crippen molar-refractivity contribution in [2.45, 2.75) is 0 Å². The van der Waals surface area contributed by atoms with Gasteiger partial charge in [-0.3, -0.25) is 0 Å². The fraction of sp³-hybridized carbons (Fsp3) is 0. The third-order valence-electron chi connectivity index (χ3n) is 3.14. The van der Waals surface area contributed by atoms with Crippen LogP contribution in [-0.2, 0) is 0 Å². The van der Waals surface area contributed by atoms with Crippen LogP contribution in [0.1, 0.15) is 0 Å². The van der Waals surface area contributed by atoms with Gasteiger partial charge in [0.25, 0.3) is 0 Å². The fourth-order valence-electron chi connectivity index (χ4n) is 2.15. The number of rotatable bonds is 2. The minimum Gasteiger partial charge on any atom is -0.399 e. The normalized spacial score (nSPS) is 10.8. The summed E-state index contributed by atoms with van der Waals surface area (Å²) in [6.45, 7) is 0. The average Bonchev–Trinajstić information content (AvgIpc) is 2.43. The zero-order chi connectivity index (χ0) is 15.0. The van der Waals surface area contributed by atoms with Crippen LogP contribution in [0.5, 0.6) is 0 Å². The molecular formula is C16H11BrF2N2. The molecule has 0 saturated carbocycles. The van der Waals surface area contributed by atoms with E-state index in [1.807, 2.05) is 30.3 Å². The van der Waals surface area contributed by atoms with Gasteiger partial charge in [0.15, 0.2) is 11.6 Å². The smallest absolute Gasteiger partial charge is 0.151 e. The van der Waals surface area contributed by atoms with Crippen LogP contribution in [0.3, 0.4) is 0 Å². The SMILES string of the molecule is Nc1cc(F)c(Nc2ccc3cc(Br)ccc3c2)c(F)c1. The lowest BCUT2D eigenvalue weighted by Crippen LogP contribution is -1.99. The summed E-state index contributed by atoms with van der Waals surface area (Å²) >= 11 is 3.40. The molecule has 0 heterocycles. The van der Waals surface area contributed by atoms with Crippen LogP contribution in [0.25, 0.3) is 10.8 Å². The molecule has 0 aliphatic rings. The van der Waals surface area contributed by atoms with Crippen molar-refractivity contribution in [2.75, 3.05) is 11.1 Å². The number of nitrogens with two attached hydrogens (primary N) is 1. The zero-order valence-electron chi connectivity index (χ0n) is 10.8. The Bertz CT molecular complexity index is 811. The predicted molar refractivity (Wildman–Crippen MR) is 85.7 cm³/mol. The molecule has 106 valence electrons. The summed E-state index contributed by atoms with van der Waals surface area (Å²) in [5, 5.41) is 4.76. The molecule has 3 N–H and O–H groups in total. The highest BCUT2D eigenvalue weighted by Crippen LogP contribution is 2.28. The van der Waals surface area contributed by atoms with E-state index in [1.54, 1.807) is 6.07 Å². The van der Waals surface area contributed by atoms with Crippen LogP contribution >= 0.6 is 15.9 Å². The van der Waals surface area contributed by atoms with E-state index in [2.05, 4.69) is 21.2 Å². The van der Waals surface area contributed by atoms with E-state index < -0.39 is 11.6 Å². The molecule has 3 aromatic rings. The van der Waals surface area contributed by atoms with Gasteiger partial charge in [-0.05, 0) is 47.2 Å². The third-order valence-corrected chi connectivity index (χ3v) is 3.63. The van der Waals surface area contributed by atoms with Crippen molar-refractivity contribution in [3.8, 4) is 0 Å². The lowest BCUT2D eigenvalue weighted by molar-refractivity contribution is 0.592. The highest BCUT2D eigenvalue weighted by molar-refractivity contribution is 9.10. The number of hydrogen-bond donors (Lipinski definition) is 2. The van der Waals surface area contributed by atoms with Crippen molar-refractivity contribution in [2.24, 2.45) is 0 Å². The van der Waals surface area contributed by atoms with Crippen LogP contribution in [0.2, 0.25) is 0 Å². The zero-order valence-corrected chi connectivity index (χ0v) is 12.4. The molecule has 0 amide bonds. The maximum absolute atomic E-state index is 13.8. The first-order valence-corrected chi connectivity index (χ1v) is 7.03. The maximum atomic E-state index is 13.8. The van der Waals surface area contributed by atoms with Gasteiger partial charge < -0.3 is 11.1 Å². The number of anilines is 3. The van der Waals surface area contributed by atoms with Crippen LogP contribution in [0, 0.1) is 11.6 Å². The Morgan fingerprint density at radius 2 is 1.48 bits per heavy atom. The van der Waals surface area contributed by atoms with Crippen LogP contribution in [0.4, 0.5) is 25.8 Å². The minimum atomic E-state index is -0.719. The van der Waals surface area contributed by atoms with Gasteiger partial charge >= 0.3 is 0 Å². The molecule has 21 heavy (non-hydrogen) atoms. The number of fused-ring (bicyclic) bond motifs is 1. The van der Waals surface area contributed by atoms with Crippen LogP contribution in [-0.4, -0.2) is 0 Å². The number of nitrogens with one attached hydrogen (secondary N) is 1. The average molecular weight is 349 g/mol. The molecular weight excluding hydrogens is 338 g/mol. The van der Waals surface area contributed by atoms with E-state index in [4.69, 9.17) is 5.73 Å². The topological polar surface area (TPSA) is 38.0 Å². The number of halogens is 3. The number of benzene rings is 3. The molecule has 0 bridgehead atoms. The van der Waals surface area contributed by atoms with Crippen LogP contribution in [0.15, 0.2) is 53.0 Å². The summed E-state index contributed by atoms with van der Waals surface area (Å²) in [6.07, 6.45) is 0. The number of nitrogen functional groups attached to an aromatic ring is 1. The third kappa shape index (κ3) is 2.83. The molecule has 5 heteroatoms. The van der Waals surface area contributed by atoms with Crippen molar-refractivity contribution in [3.05, 3.63) is 64.6 Å². The standard InChI is InChI=1S/C16H11BrF2N2/c17-11-3-1-10-6-13(4-2-9(10)5-11)21-16-14(18)7-12(20)8-15(16)19/h1-8,21H,20H2. The second-order valence-electron chi connectivity index (χ2n) is 4.69. The molecule has 0 aliphatic carbocycles. The van der Waals surface area contributed by atoms with Crippen molar-refractivity contribution in [1.29, 1.82) is 0 Å². The first-order valence-electron chi connectivity index (χ1n) is 6.24. The molecule has 0 atom stereocenters. The summed E-state index contributed by atoms with van der Waals surface area (Å²) in [6, 6.07) is 13.5. The Kier molecular flexibility index (Phi) is 3.51. The molecule has 3 rings (SSSR count). The molecule has 3 aromatic carbocycles. The predicted octanol–water partition coefficient (Wildman–Crippen LogP) is 5.21. The first-order chi connectivity index (χ1) is 10.0. The summed E-state index contributed by atoms with van der Waals surface area (Å²) in [7, 11) is 0. The molecule has 0 aromatic heterocycles. The molecule has 0 spiro atoms. The van der Waals surface area contributed by atoms with Crippen molar-refractivity contribution >= 4 is 43.8 Å². The van der Waals surface area contributed by atoms with Gasteiger partial charge in [-0.1, -0.05) is 28.1 Å². The van der Waals surface area contributed by atoms with E-state index in [0.717, 1.165) is 27.4 Å². The van der Waals surface area contributed by atoms with E-state index in [1.165, 1.54) is 0 Å². The van der Waals surface area contributed by atoms with Crippen molar-refractivity contribution in [1.82, 2.24) is 0 Å². The van der Waals surface area contributed by atoms with Gasteiger partial charge in [0.1, 0.15) is 5.69 Å². The Labute approximate surface area is 128 Å². The Morgan fingerprint density at radius 3 is 2.19 bits per heavy atom. The van der Waals surface area contributed by atoms with E-state index in [-0.39, 0.29) is 11.4 Å². The monoisotopic (exact) mass is 348 g/mol. The van der Waals surface area contributed by atoms with E-state index >= 15 is 0 Å². The first kappa shape index (κ1) is 13.8. The minimum absolute atomic E-state index is 0.0545. The highest BCUT2D eigenvalue weighted by Gasteiger charge is 2.10. The van der Waals surface area contributed by atoms with Gasteiger partial charge in [0.2, 0.25) is 0 Å². The lowest BCUT2D eigenvalue weighted by Gasteiger charge is -2.10. The second kappa shape index (κ2) is 5.33. The van der Waals surface area contributed by atoms with Gasteiger partial charge in [-0.15, -0.1) is 0 Å². The quantitative estimate of drug-likeness (QED) is 0.624. The van der Waals surface area contributed by atoms with Crippen LogP contribution < -0.4 is 11.1 Å². The number of hydrogen-bond acceptors (Lipinski definition) is 2. The lowest BCUT2D eigenvalue weighted by atomic mass is 10.1. The summed E-state index contributed by atoms with van der Waals surface area (Å²) in [4.78, 5) is 0. The van der Waals surface area contributed by atoms with Gasteiger partial charge in [0.05, 0.1) is 0 Å². The fourth-order valence-corrected chi connectivity index (χ4v) is 2.53. The van der Waals surface area contributed by atoms with Crippen molar-refractivity contribution < 1.29 is 8.78 Å². The maximum Gasteiger partial charge on any atom is 0.151 e. The highest BCUT2D eigenvalue weighted by atomic mass is 79.9. The Hall–Kier alpha value is -2.14. The van der Waals surface area contributed by atoms with E-state index in [9.17, 15) is 8.78 Å². The van der Waals surface area contributed by atoms with Gasteiger partial charge in [0, 0.05) is 15.8 Å². The largest absolute Gasteiger partial charge is 0.399 e. The second-order valence-corrected chi connectivity index (χ2v) is 5.61. The molecule has 0 unspecified atom stereocenters. The molecule has 0 saturated heterocycles. The Morgan fingerprint density at radius 1 is 0.857 bits per heavy atom. The summed E-state index contributed by atoms with van der Waals surface area (Å²) in [5.74, 6) is -1.44. The molecule has 0 aliphatic heterocycles. The summed E-state index contributed by atoms with van der Waals surface area (Å²) < 4.78 is 28.5. The van der Waals surface area contributed by atoms with Gasteiger partial charge in [-0.2, -0.15) is 0 Å².